The van der Waals surface area contributed by atoms with Crippen molar-refractivity contribution in [3.8, 4) is 0 Å². The molecule has 0 unspecified atom stereocenters. The van der Waals surface area contributed by atoms with E-state index in [-0.39, 0.29) is 17.9 Å². The highest BCUT2D eigenvalue weighted by molar-refractivity contribution is 7.17. The molecule has 3 heterocycles. The summed E-state index contributed by atoms with van der Waals surface area (Å²) in [4.78, 5) is 27.9. The number of rotatable bonds is 7. The van der Waals surface area contributed by atoms with E-state index in [1.54, 1.807) is 22.7 Å². The van der Waals surface area contributed by atoms with Crippen molar-refractivity contribution in [3.05, 3.63) is 75.1 Å². The van der Waals surface area contributed by atoms with Gasteiger partial charge >= 0.3 is 0 Å². The smallest absolute Gasteiger partial charge is 0.272 e. The molecular weight excluding hydrogens is 462 g/mol. The Balaban J connectivity index is 1.46. The predicted molar refractivity (Wildman–Crippen MR) is 141 cm³/mol. The fraction of sp³-hybridized carbons (Fsp3) is 0.333. The number of aryl methyl sites for hydroxylation is 3. The van der Waals surface area contributed by atoms with Crippen molar-refractivity contribution >= 4 is 49.7 Å². The summed E-state index contributed by atoms with van der Waals surface area (Å²) in [5.41, 5.74) is 4.73. The van der Waals surface area contributed by atoms with Crippen LogP contribution in [-0.2, 0) is 25.8 Å². The molecule has 34 heavy (non-hydrogen) atoms. The molecule has 0 radical (unpaired) electrons. The zero-order chi connectivity index (χ0) is 23.7. The third-order valence-corrected chi connectivity index (χ3v) is 8.33. The standard InChI is InChI=1S/C27H29N3O2S2/c1-17(2)28-26(32)24-19-10-6-7-11-22(19)34-27(24)29-25(31)21-16-23-20(13-15-33-23)30(21)14-12-18-8-4-3-5-9-18/h3-5,8-9,13,15-17H,6-7,10-12,14H2,1-2H3,(H,28,32)(H,29,31). The molecule has 1 aliphatic rings. The van der Waals surface area contributed by atoms with Gasteiger partial charge in [-0.05, 0) is 74.6 Å². The number of fused-ring (bicyclic) bond motifs is 2. The summed E-state index contributed by atoms with van der Waals surface area (Å²) >= 11 is 3.21. The summed E-state index contributed by atoms with van der Waals surface area (Å²) in [5, 5.41) is 8.90. The maximum atomic E-state index is 13.6. The fourth-order valence-electron chi connectivity index (χ4n) is 4.69. The predicted octanol–water partition coefficient (Wildman–Crippen LogP) is 6.28. The molecule has 0 saturated carbocycles. The van der Waals surface area contributed by atoms with Crippen molar-refractivity contribution in [2.45, 2.75) is 58.5 Å². The van der Waals surface area contributed by atoms with E-state index in [9.17, 15) is 9.59 Å². The second kappa shape index (κ2) is 9.76. The first-order valence-electron chi connectivity index (χ1n) is 11.9. The van der Waals surface area contributed by atoms with Crippen LogP contribution in [0.2, 0.25) is 0 Å². The molecule has 5 nitrogen and oxygen atoms in total. The first-order chi connectivity index (χ1) is 16.5. The molecule has 0 fully saturated rings. The lowest BCUT2D eigenvalue weighted by Crippen LogP contribution is -2.31. The lowest BCUT2D eigenvalue weighted by molar-refractivity contribution is 0.0943. The van der Waals surface area contributed by atoms with Crippen molar-refractivity contribution in [2.75, 3.05) is 5.32 Å². The van der Waals surface area contributed by atoms with Crippen molar-refractivity contribution in [2.24, 2.45) is 0 Å². The molecule has 0 atom stereocenters. The van der Waals surface area contributed by atoms with Gasteiger partial charge in [0.1, 0.15) is 10.7 Å². The van der Waals surface area contributed by atoms with Gasteiger partial charge in [0.05, 0.1) is 15.8 Å². The maximum absolute atomic E-state index is 13.6. The topological polar surface area (TPSA) is 63.1 Å². The van der Waals surface area contributed by atoms with E-state index in [0.717, 1.165) is 47.9 Å². The number of nitrogens with zero attached hydrogens (tertiary/aromatic N) is 1. The van der Waals surface area contributed by atoms with Crippen LogP contribution in [0, 0.1) is 0 Å². The van der Waals surface area contributed by atoms with Gasteiger partial charge in [0, 0.05) is 17.5 Å². The Morgan fingerprint density at radius 3 is 2.65 bits per heavy atom. The highest BCUT2D eigenvalue weighted by Crippen LogP contribution is 2.38. The van der Waals surface area contributed by atoms with Crippen molar-refractivity contribution in [3.63, 3.8) is 0 Å². The molecule has 1 aromatic carbocycles. The maximum Gasteiger partial charge on any atom is 0.272 e. The zero-order valence-corrected chi connectivity index (χ0v) is 21.2. The highest BCUT2D eigenvalue weighted by Gasteiger charge is 2.27. The van der Waals surface area contributed by atoms with E-state index in [1.165, 1.54) is 10.4 Å². The van der Waals surface area contributed by atoms with Gasteiger partial charge in [0.2, 0.25) is 0 Å². The first-order valence-corrected chi connectivity index (χ1v) is 13.6. The molecule has 176 valence electrons. The number of thiophene rings is 2. The highest BCUT2D eigenvalue weighted by atomic mass is 32.1. The van der Waals surface area contributed by atoms with Crippen LogP contribution in [0.15, 0.2) is 47.8 Å². The van der Waals surface area contributed by atoms with Crippen LogP contribution in [-0.4, -0.2) is 22.4 Å². The number of benzene rings is 1. The second-order valence-electron chi connectivity index (χ2n) is 9.08. The molecule has 0 bridgehead atoms. The van der Waals surface area contributed by atoms with E-state index in [2.05, 4.69) is 38.8 Å². The lowest BCUT2D eigenvalue weighted by atomic mass is 9.95. The summed E-state index contributed by atoms with van der Waals surface area (Å²) < 4.78 is 3.21. The molecule has 0 saturated heterocycles. The van der Waals surface area contributed by atoms with Crippen LogP contribution in [0.25, 0.3) is 10.2 Å². The van der Waals surface area contributed by atoms with Crippen LogP contribution in [0.5, 0.6) is 0 Å². The van der Waals surface area contributed by atoms with Crippen LogP contribution in [0.3, 0.4) is 0 Å². The molecule has 5 rings (SSSR count). The molecule has 3 aromatic heterocycles. The molecular formula is C27H29N3O2S2. The van der Waals surface area contributed by atoms with E-state index in [0.29, 0.717) is 22.8 Å². The van der Waals surface area contributed by atoms with Gasteiger partial charge in [0.15, 0.2) is 0 Å². The van der Waals surface area contributed by atoms with E-state index >= 15 is 0 Å². The minimum atomic E-state index is -0.159. The van der Waals surface area contributed by atoms with Gasteiger partial charge in [-0.2, -0.15) is 0 Å². The van der Waals surface area contributed by atoms with Crippen molar-refractivity contribution in [1.82, 2.24) is 9.88 Å². The van der Waals surface area contributed by atoms with Gasteiger partial charge in [-0.15, -0.1) is 22.7 Å². The first kappa shape index (κ1) is 22.9. The van der Waals surface area contributed by atoms with Crippen LogP contribution in [0.1, 0.15) is 63.5 Å². The Morgan fingerprint density at radius 1 is 1.06 bits per heavy atom. The van der Waals surface area contributed by atoms with Gasteiger partial charge in [-0.25, -0.2) is 0 Å². The second-order valence-corrected chi connectivity index (χ2v) is 11.1. The van der Waals surface area contributed by atoms with Crippen molar-refractivity contribution < 1.29 is 9.59 Å². The summed E-state index contributed by atoms with van der Waals surface area (Å²) in [6.07, 6.45) is 4.92. The Labute approximate surface area is 207 Å². The van der Waals surface area contributed by atoms with Gasteiger partial charge in [-0.1, -0.05) is 30.3 Å². The number of carbonyl (C=O) groups excluding carboxylic acids is 2. The number of anilines is 1. The van der Waals surface area contributed by atoms with Gasteiger partial charge < -0.3 is 15.2 Å². The Bertz CT molecular complexity index is 1330. The quantitative estimate of drug-likeness (QED) is 0.320. The monoisotopic (exact) mass is 491 g/mol. The zero-order valence-electron chi connectivity index (χ0n) is 19.5. The summed E-state index contributed by atoms with van der Waals surface area (Å²) in [7, 11) is 0. The summed E-state index contributed by atoms with van der Waals surface area (Å²) in [6, 6.07) is 14.4. The molecule has 0 aliphatic heterocycles. The normalized spacial score (nSPS) is 13.3. The average molecular weight is 492 g/mol. The van der Waals surface area contributed by atoms with E-state index in [4.69, 9.17) is 0 Å². The lowest BCUT2D eigenvalue weighted by Gasteiger charge is -2.15. The number of hydrogen-bond acceptors (Lipinski definition) is 4. The molecule has 7 heteroatoms. The van der Waals surface area contributed by atoms with Crippen LogP contribution in [0.4, 0.5) is 5.00 Å². The molecule has 1 aliphatic carbocycles. The summed E-state index contributed by atoms with van der Waals surface area (Å²) in [5.74, 6) is -0.251. The Kier molecular flexibility index (Phi) is 6.57. The minimum Gasteiger partial charge on any atom is -0.350 e. The third-order valence-electron chi connectivity index (χ3n) is 6.27. The van der Waals surface area contributed by atoms with E-state index in [1.807, 2.05) is 38.1 Å². The van der Waals surface area contributed by atoms with Gasteiger partial charge in [-0.3, -0.25) is 9.59 Å². The number of carbonyl (C=O) groups is 2. The fourth-order valence-corrected chi connectivity index (χ4v) is 6.79. The summed E-state index contributed by atoms with van der Waals surface area (Å²) in [6.45, 7) is 4.64. The number of hydrogen-bond donors (Lipinski definition) is 2. The Morgan fingerprint density at radius 2 is 1.85 bits per heavy atom. The third kappa shape index (κ3) is 4.55. The number of aromatic nitrogens is 1. The molecule has 2 N–H and O–H groups in total. The van der Waals surface area contributed by atoms with Crippen LogP contribution >= 0.6 is 22.7 Å². The van der Waals surface area contributed by atoms with Crippen LogP contribution < -0.4 is 10.6 Å². The number of amides is 2. The SMILES string of the molecule is CC(C)NC(=O)c1c(NC(=O)c2cc3sccc3n2CCc2ccccc2)sc2c1CCCC2. The average Bonchev–Trinajstić information content (AvgIpc) is 3.50. The van der Waals surface area contributed by atoms with Crippen molar-refractivity contribution in [1.29, 1.82) is 0 Å². The van der Waals surface area contributed by atoms with Gasteiger partial charge in [0.25, 0.3) is 11.8 Å². The molecule has 0 spiro atoms. The molecule has 2 amide bonds. The largest absolute Gasteiger partial charge is 0.350 e. The molecule has 4 aromatic rings. The van der Waals surface area contributed by atoms with E-state index < -0.39 is 0 Å². The minimum absolute atomic E-state index is 0.0391. The number of nitrogens with one attached hydrogen (secondary N) is 2. The Hall–Kier alpha value is -2.90.